The van der Waals surface area contributed by atoms with Crippen molar-refractivity contribution < 1.29 is 27.5 Å². The van der Waals surface area contributed by atoms with Crippen LogP contribution in [0.4, 0.5) is 13.2 Å². The molecule has 1 unspecified atom stereocenters. The van der Waals surface area contributed by atoms with Crippen molar-refractivity contribution in [2.45, 2.75) is 78.5 Å². The van der Waals surface area contributed by atoms with E-state index in [1.54, 1.807) is 0 Å². The molecule has 1 heterocycles. The summed E-state index contributed by atoms with van der Waals surface area (Å²) in [6.07, 6.45) is 0.753. The first-order valence-corrected chi connectivity index (χ1v) is 11.3. The highest BCUT2D eigenvalue weighted by atomic mass is 19.4. The molecule has 0 spiro atoms. The Hall–Kier alpha value is -1.90. The number of piperazine rings is 1. The summed E-state index contributed by atoms with van der Waals surface area (Å²) in [7, 11) is 0. The molecule has 0 aromatic heterocycles. The zero-order valence-corrected chi connectivity index (χ0v) is 20.0. The molecule has 1 fully saturated rings. The standard InChI is InChI=1S/C23H38F3N3O3/c1-6-18(10-8-9-11-20(30)32-22(3,4)5)21(31)29-14-12-28(13-15-29)17-27-16-19(7-2)23(24,25)26/h7,16,18H,6,8-15,17H2,1-5H3/b19-7+,27-16-. The van der Waals surface area contributed by atoms with Gasteiger partial charge in [-0.05, 0) is 47.0 Å². The van der Waals surface area contributed by atoms with E-state index in [1.807, 2.05) is 37.5 Å². The zero-order valence-electron chi connectivity index (χ0n) is 20.0. The number of carbonyl (C=O) groups excluding carboxylic acids is 2. The van der Waals surface area contributed by atoms with Crippen LogP contribution in [0.1, 0.15) is 66.7 Å². The van der Waals surface area contributed by atoms with Gasteiger partial charge in [0.15, 0.2) is 0 Å². The van der Waals surface area contributed by atoms with Gasteiger partial charge < -0.3 is 9.64 Å². The summed E-state index contributed by atoms with van der Waals surface area (Å²) in [6, 6.07) is 0. The zero-order chi connectivity index (χ0) is 24.4. The molecule has 1 aliphatic heterocycles. The van der Waals surface area contributed by atoms with Crippen molar-refractivity contribution in [1.82, 2.24) is 9.80 Å². The number of ether oxygens (including phenoxy) is 1. The topological polar surface area (TPSA) is 62.2 Å². The average molecular weight is 462 g/mol. The van der Waals surface area contributed by atoms with Gasteiger partial charge in [-0.25, -0.2) is 0 Å². The molecule has 0 bridgehead atoms. The summed E-state index contributed by atoms with van der Waals surface area (Å²) in [6.45, 7) is 11.3. The lowest BCUT2D eigenvalue weighted by Crippen LogP contribution is -2.50. The lowest BCUT2D eigenvalue weighted by Gasteiger charge is -2.35. The van der Waals surface area contributed by atoms with Gasteiger partial charge >= 0.3 is 12.1 Å². The number of hydrogen-bond acceptors (Lipinski definition) is 5. The molecule has 1 atom stereocenters. The van der Waals surface area contributed by atoms with E-state index >= 15 is 0 Å². The van der Waals surface area contributed by atoms with Gasteiger partial charge in [0.05, 0.1) is 12.2 Å². The Morgan fingerprint density at radius 1 is 1.09 bits per heavy atom. The number of amides is 1. The Labute approximate surface area is 189 Å². The molecular formula is C23H38F3N3O3. The quantitative estimate of drug-likeness (QED) is 0.271. The molecule has 0 aliphatic carbocycles. The third kappa shape index (κ3) is 10.6. The molecule has 0 aromatic rings. The minimum atomic E-state index is -4.40. The van der Waals surface area contributed by atoms with E-state index in [-0.39, 0.29) is 24.5 Å². The monoisotopic (exact) mass is 461 g/mol. The highest BCUT2D eigenvalue weighted by Gasteiger charge is 2.31. The van der Waals surface area contributed by atoms with Crippen LogP contribution in [0, 0.1) is 5.92 Å². The number of unbranched alkanes of at least 4 members (excludes halogenated alkanes) is 1. The number of allylic oxidation sites excluding steroid dienone is 2. The minimum Gasteiger partial charge on any atom is -0.460 e. The number of halogens is 3. The maximum Gasteiger partial charge on any atom is 0.417 e. The fourth-order valence-corrected chi connectivity index (χ4v) is 3.49. The van der Waals surface area contributed by atoms with Crippen molar-refractivity contribution >= 4 is 18.1 Å². The second kappa shape index (κ2) is 13.0. The van der Waals surface area contributed by atoms with E-state index < -0.39 is 17.4 Å². The molecule has 0 radical (unpaired) electrons. The van der Waals surface area contributed by atoms with E-state index in [9.17, 15) is 22.8 Å². The predicted molar refractivity (Wildman–Crippen MR) is 119 cm³/mol. The van der Waals surface area contributed by atoms with Crippen LogP contribution < -0.4 is 0 Å². The normalized spacial score (nSPS) is 17.6. The minimum absolute atomic E-state index is 0.0813. The van der Waals surface area contributed by atoms with Crippen molar-refractivity contribution in [2.75, 3.05) is 32.8 Å². The van der Waals surface area contributed by atoms with Crippen molar-refractivity contribution in [1.29, 1.82) is 0 Å². The van der Waals surface area contributed by atoms with Crippen molar-refractivity contribution in [3.63, 3.8) is 0 Å². The highest BCUT2D eigenvalue weighted by molar-refractivity contribution is 5.80. The number of alkyl halides is 3. The molecule has 9 heteroatoms. The first-order valence-electron chi connectivity index (χ1n) is 11.3. The Morgan fingerprint density at radius 3 is 2.22 bits per heavy atom. The van der Waals surface area contributed by atoms with E-state index in [4.69, 9.17) is 4.74 Å². The molecule has 0 N–H and O–H groups in total. The van der Waals surface area contributed by atoms with Gasteiger partial charge in [0.2, 0.25) is 5.91 Å². The largest absolute Gasteiger partial charge is 0.460 e. The number of nitrogens with zero attached hydrogens (tertiary/aromatic N) is 3. The fraction of sp³-hybridized carbons (Fsp3) is 0.783. The van der Waals surface area contributed by atoms with E-state index in [0.717, 1.165) is 31.6 Å². The van der Waals surface area contributed by atoms with E-state index in [0.29, 0.717) is 39.0 Å². The van der Waals surface area contributed by atoms with Crippen LogP contribution in [0.15, 0.2) is 16.6 Å². The number of hydrogen-bond donors (Lipinski definition) is 0. The molecule has 1 saturated heterocycles. The number of rotatable bonds is 10. The third-order valence-electron chi connectivity index (χ3n) is 5.28. The molecular weight excluding hydrogens is 423 g/mol. The van der Waals surface area contributed by atoms with Gasteiger partial charge in [-0.1, -0.05) is 19.4 Å². The first kappa shape index (κ1) is 28.1. The Kier molecular flexibility index (Phi) is 11.4. The second-order valence-corrected chi connectivity index (χ2v) is 9.08. The molecule has 1 amide bonds. The molecule has 184 valence electrons. The Bertz CT molecular complexity index is 662. The summed E-state index contributed by atoms with van der Waals surface area (Å²) in [4.78, 5) is 32.3. The summed E-state index contributed by atoms with van der Waals surface area (Å²) < 4.78 is 43.4. The van der Waals surface area contributed by atoms with Gasteiger partial charge in [0.1, 0.15) is 5.60 Å². The Balaban J connectivity index is 2.38. The average Bonchev–Trinajstić information content (AvgIpc) is 2.69. The second-order valence-electron chi connectivity index (χ2n) is 9.08. The maximum absolute atomic E-state index is 12.9. The SMILES string of the molecule is C/C=C(\C=N/CN1CCN(C(=O)C(CC)CCCCC(=O)OC(C)(C)C)CC1)C(F)(F)F. The van der Waals surface area contributed by atoms with Gasteiger partial charge in [-0.2, -0.15) is 13.2 Å². The van der Waals surface area contributed by atoms with Crippen molar-refractivity contribution in [3.05, 3.63) is 11.6 Å². The number of aliphatic imine (C=N–C) groups is 1. The number of esters is 1. The van der Waals surface area contributed by atoms with Gasteiger partial charge in [-0.3, -0.25) is 19.5 Å². The highest BCUT2D eigenvalue weighted by Crippen LogP contribution is 2.24. The van der Waals surface area contributed by atoms with Crippen LogP contribution in [0.3, 0.4) is 0 Å². The van der Waals surface area contributed by atoms with E-state index in [2.05, 4.69) is 4.99 Å². The smallest absolute Gasteiger partial charge is 0.417 e. The lowest BCUT2D eigenvalue weighted by molar-refractivity contribution is -0.154. The van der Waals surface area contributed by atoms with Crippen LogP contribution in [0.2, 0.25) is 0 Å². The molecule has 0 aromatic carbocycles. The van der Waals surface area contributed by atoms with Crippen molar-refractivity contribution in [3.8, 4) is 0 Å². The van der Waals surface area contributed by atoms with Crippen LogP contribution in [0.5, 0.6) is 0 Å². The van der Waals surface area contributed by atoms with E-state index in [1.165, 1.54) is 6.92 Å². The molecule has 1 aliphatic rings. The van der Waals surface area contributed by atoms with Gasteiger partial charge in [0.25, 0.3) is 0 Å². The Morgan fingerprint density at radius 2 is 1.72 bits per heavy atom. The third-order valence-corrected chi connectivity index (χ3v) is 5.28. The summed E-state index contributed by atoms with van der Waals surface area (Å²) in [5, 5.41) is 0. The van der Waals surface area contributed by atoms with Crippen LogP contribution in [0.25, 0.3) is 0 Å². The van der Waals surface area contributed by atoms with Gasteiger partial charge in [-0.15, -0.1) is 0 Å². The summed E-state index contributed by atoms with van der Waals surface area (Å²) in [5.74, 6) is -0.184. The molecule has 0 saturated carbocycles. The van der Waals surface area contributed by atoms with Crippen LogP contribution in [-0.4, -0.2) is 72.5 Å². The summed E-state index contributed by atoms with van der Waals surface area (Å²) >= 11 is 0. The van der Waals surface area contributed by atoms with Crippen molar-refractivity contribution in [2.24, 2.45) is 10.9 Å². The van der Waals surface area contributed by atoms with Gasteiger partial charge in [0, 0.05) is 44.7 Å². The molecule has 1 rings (SSSR count). The number of carbonyl (C=O) groups is 2. The first-order chi connectivity index (χ1) is 14.9. The maximum atomic E-state index is 12.9. The summed E-state index contributed by atoms with van der Waals surface area (Å²) in [5.41, 5.74) is -1.25. The lowest BCUT2D eigenvalue weighted by atomic mass is 9.96. The predicted octanol–water partition coefficient (Wildman–Crippen LogP) is 4.60. The van der Waals surface area contributed by atoms with Crippen LogP contribution >= 0.6 is 0 Å². The molecule has 6 nitrogen and oxygen atoms in total. The van der Waals surface area contributed by atoms with Crippen LogP contribution in [-0.2, 0) is 14.3 Å². The fourth-order valence-electron chi connectivity index (χ4n) is 3.49. The molecule has 32 heavy (non-hydrogen) atoms.